The van der Waals surface area contributed by atoms with E-state index >= 15 is 0 Å². The Kier molecular flexibility index (Phi) is 7.43. The average molecular weight is 491 g/mol. The van der Waals surface area contributed by atoms with Crippen molar-refractivity contribution < 1.29 is 9.53 Å². The first-order valence-corrected chi connectivity index (χ1v) is 12.6. The van der Waals surface area contributed by atoms with Gasteiger partial charge in [-0.25, -0.2) is 4.98 Å². The maximum atomic E-state index is 12.0. The van der Waals surface area contributed by atoms with Crippen LogP contribution in [0, 0.1) is 11.8 Å². The van der Waals surface area contributed by atoms with Crippen molar-refractivity contribution in [3.8, 4) is 23.1 Å². The predicted octanol–water partition coefficient (Wildman–Crippen LogP) is 5.33. The van der Waals surface area contributed by atoms with E-state index < -0.39 is 0 Å². The van der Waals surface area contributed by atoms with Crippen LogP contribution in [0.5, 0.6) is 0 Å². The van der Waals surface area contributed by atoms with Crippen LogP contribution >= 0.6 is 0 Å². The molecule has 6 nitrogen and oxygen atoms in total. The number of carbonyl (C=O) groups excluding carboxylic acids is 1. The zero-order valence-electron chi connectivity index (χ0n) is 21.3. The average Bonchev–Trinajstić information content (AvgIpc) is 3.40. The highest BCUT2D eigenvalue weighted by Gasteiger charge is 2.16. The summed E-state index contributed by atoms with van der Waals surface area (Å²) in [5, 5.41) is 8.29. The Balaban J connectivity index is 1.42. The van der Waals surface area contributed by atoms with E-state index in [9.17, 15) is 4.79 Å². The molecule has 0 atom stereocenters. The van der Waals surface area contributed by atoms with Gasteiger partial charge in [0.15, 0.2) is 5.78 Å². The molecule has 2 aromatic carbocycles. The van der Waals surface area contributed by atoms with E-state index in [1.165, 1.54) is 0 Å². The van der Waals surface area contributed by atoms with Gasteiger partial charge in [0.25, 0.3) is 0 Å². The van der Waals surface area contributed by atoms with Gasteiger partial charge in [-0.3, -0.25) is 9.89 Å². The van der Waals surface area contributed by atoms with E-state index in [1.807, 2.05) is 50.4 Å². The number of hydrogen-bond acceptors (Lipinski definition) is 5. The molecule has 0 radical (unpaired) electrons. The number of fused-ring (bicyclic) bond motifs is 1. The molecule has 0 saturated carbocycles. The predicted molar refractivity (Wildman–Crippen MR) is 148 cm³/mol. The molecule has 0 unspecified atom stereocenters. The van der Waals surface area contributed by atoms with E-state index in [1.54, 1.807) is 6.08 Å². The van der Waals surface area contributed by atoms with E-state index in [2.05, 4.69) is 51.2 Å². The molecule has 0 amide bonds. The molecule has 6 heteroatoms. The van der Waals surface area contributed by atoms with Gasteiger partial charge in [-0.05, 0) is 62.2 Å². The van der Waals surface area contributed by atoms with Crippen molar-refractivity contribution in [2.45, 2.75) is 26.7 Å². The third-order valence-corrected chi connectivity index (χ3v) is 6.32. The van der Waals surface area contributed by atoms with Crippen LogP contribution in [0.4, 0.5) is 5.82 Å². The molecule has 0 aliphatic carbocycles. The second-order valence-corrected chi connectivity index (χ2v) is 9.47. The SMILES string of the molecule is CC(C)=CC(=O)CCc1ccc(C#Cc2cc(-c3cccc4[nH]ncc34)nc(N3CCOCC3)c2)cc1. The smallest absolute Gasteiger partial charge is 0.155 e. The van der Waals surface area contributed by atoms with E-state index in [0.717, 1.165) is 69.8 Å². The highest BCUT2D eigenvalue weighted by Crippen LogP contribution is 2.29. The summed E-state index contributed by atoms with van der Waals surface area (Å²) < 4.78 is 5.54. The van der Waals surface area contributed by atoms with Gasteiger partial charge in [0, 0.05) is 41.6 Å². The number of benzene rings is 2. The van der Waals surface area contributed by atoms with Gasteiger partial charge >= 0.3 is 0 Å². The largest absolute Gasteiger partial charge is 0.378 e. The molecule has 0 spiro atoms. The van der Waals surface area contributed by atoms with Crippen molar-refractivity contribution in [2.24, 2.45) is 0 Å². The number of ether oxygens (including phenoxy) is 1. The summed E-state index contributed by atoms with van der Waals surface area (Å²) >= 11 is 0. The second-order valence-electron chi connectivity index (χ2n) is 9.47. The molecular weight excluding hydrogens is 460 g/mol. The van der Waals surface area contributed by atoms with Gasteiger partial charge in [0.2, 0.25) is 0 Å². The lowest BCUT2D eigenvalue weighted by molar-refractivity contribution is -0.114. The number of aromatic amines is 1. The molecule has 1 fully saturated rings. The molecule has 3 heterocycles. The number of carbonyl (C=O) groups is 1. The Morgan fingerprint density at radius 2 is 1.84 bits per heavy atom. The zero-order valence-corrected chi connectivity index (χ0v) is 21.3. The molecule has 1 saturated heterocycles. The Morgan fingerprint density at radius 3 is 2.62 bits per heavy atom. The summed E-state index contributed by atoms with van der Waals surface area (Å²) in [4.78, 5) is 19.2. The number of aromatic nitrogens is 3. The molecule has 186 valence electrons. The van der Waals surface area contributed by atoms with Gasteiger partial charge in [0.1, 0.15) is 5.82 Å². The standard InChI is InChI=1S/C31H30N4O2/c1-22(2)18-26(36)13-12-24-8-6-23(7-9-24)10-11-25-19-30(27-4-3-5-29-28(27)21-32-34-29)33-31(20-25)35-14-16-37-17-15-35/h3-9,18-21H,12-17H2,1-2H3,(H,32,34). The van der Waals surface area contributed by atoms with Crippen LogP contribution < -0.4 is 4.90 Å². The van der Waals surface area contributed by atoms with Gasteiger partial charge in [-0.2, -0.15) is 5.10 Å². The zero-order chi connectivity index (χ0) is 25.6. The normalized spacial score (nSPS) is 13.2. The highest BCUT2D eigenvalue weighted by molar-refractivity contribution is 5.93. The number of H-pyrrole nitrogens is 1. The number of morpholine rings is 1. The lowest BCUT2D eigenvalue weighted by Gasteiger charge is -2.28. The first-order chi connectivity index (χ1) is 18.0. The molecule has 2 aromatic heterocycles. The molecule has 5 rings (SSSR count). The number of nitrogens with one attached hydrogen (secondary N) is 1. The lowest BCUT2D eigenvalue weighted by atomic mass is 10.0. The highest BCUT2D eigenvalue weighted by atomic mass is 16.5. The van der Waals surface area contributed by atoms with Crippen LogP contribution in [-0.4, -0.2) is 47.3 Å². The monoisotopic (exact) mass is 490 g/mol. The van der Waals surface area contributed by atoms with Gasteiger partial charge in [-0.15, -0.1) is 0 Å². The van der Waals surface area contributed by atoms with Crippen molar-refractivity contribution in [2.75, 3.05) is 31.2 Å². The first kappa shape index (κ1) is 24.5. The van der Waals surface area contributed by atoms with Gasteiger partial charge in [0.05, 0.1) is 30.6 Å². The van der Waals surface area contributed by atoms with Crippen LogP contribution in [-0.2, 0) is 16.0 Å². The number of ketones is 1. The van der Waals surface area contributed by atoms with Crippen molar-refractivity contribution in [3.05, 3.63) is 89.1 Å². The van der Waals surface area contributed by atoms with Crippen molar-refractivity contribution in [1.29, 1.82) is 0 Å². The molecule has 1 N–H and O–H groups in total. The van der Waals surface area contributed by atoms with E-state index in [-0.39, 0.29) is 5.78 Å². The minimum atomic E-state index is 0.166. The third kappa shape index (κ3) is 6.14. The van der Waals surface area contributed by atoms with Gasteiger partial charge < -0.3 is 9.64 Å². The molecule has 37 heavy (non-hydrogen) atoms. The fraction of sp³-hybridized carbons (Fsp3) is 0.258. The molecule has 1 aliphatic rings. The number of rotatable bonds is 6. The second kappa shape index (κ2) is 11.2. The minimum absolute atomic E-state index is 0.166. The van der Waals surface area contributed by atoms with Crippen LogP contribution in [0.1, 0.15) is 37.0 Å². The van der Waals surface area contributed by atoms with E-state index in [4.69, 9.17) is 9.72 Å². The fourth-order valence-corrected chi connectivity index (χ4v) is 4.43. The number of aryl methyl sites for hydroxylation is 1. The summed E-state index contributed by atoms with van der Waals surface area (Å²) in [5.74, 6) is 7.73. The minimum Gasteiger partial charge on any atom is -0.378 e. The fourth-order valence-electron chi connectivity index (χ4n) is 4.43. The van der Waals surface area contributed by atoms with E-state index in [0.29, 0.717) is 19.6 Å². The van der Waals surface area contributed by atoms with Gasteiger partial charge in [-0.1, -0.05) is 41.7 Å². The van der Waals surface area contributed by atoms with Crippen LogP contribution in [0.15, 0.2) is 72.4 Å². The molecular formula is C31H30N4O2. The summed E-state index contributed by atoms with van der Waals surface area (Å²) in [6, 6.07) is 18.3. The Bertz CT molecular complexity index is 1500. The number of pyridine rings is 1. The summed E-state index contributed by atoms with van der Waals surface area (Å²) in [5.41, 5.74) is 6.88. The maximum absolute atomic E-state index is 12.0. The summed E-state index contributed by atoms with van der Waals surface area (Å²) in [6.45, 7) is 6.87. The topological polar surface area (TPSA) is 71.1 Å². The van der Waals surface area contributed by atoms with Crippen LogP contribution in [0.3, 0.4) is 0 Å². The van der Waals surface area contributed by atoms with Crippen molar-refractivity contribution >= 4 is 22.5 Å². The molecule has 4 aromatic rings. The Labute approximate surface area is 217 Å². The number of anilines is 1. The quantitative estimate of drug-likeness (QED) is 0.292. The molecule has 0 bridgehead atoms. The lowest BCUT2D eigenvalue weighted by Crippen LogP contribution is -2.36. The third-order valence-electron chi connectivity index (χ3n) is 6.32. The Hall–Kier alpha value is -4.21. The van der Waals surface area contributed by atoms with Crippen molar-refractivity contribution in [1.82, 2.24) is 15.2 Å². The first-order valence-electron chi connectivity index (χ1n) is 12.6. The molecule has 1 aliphatic heterocycles. The maximum Gasteiger partial charge on any atom is 0.155 e. The van der Waals surface area contributed by atoms with Crippen molar-refractivity contribution in [3.63, 3.8) is 0 Å². The number of nitrogens with zero attached hydrogens (tertiary/aromatic N) is 3. The van der Waals surface area contributed by atoms with Crippen LogP contribution in [0.2, 0.25) is 0 Å². The Morgan fingerprint density at radius 1 is 1.05 bits per heavy atom. The number of allylic oxidation sites excluding steroid dienone is 2. The number of hydrogen-bond donors (Lipinski definition) is 1. The summed E-state index contributed by atoms with van der Waals surface area (Å²) in [7, 11) is 0. The summed E-state index contributed by atoms with van der Waals surface area (Å²) in [6.07, 6.45) is 4.80. The van der Waals surface area contributed by atoms with Crippen LogP contribution in [0.25, 0.3) is 22.2 Å².